The number of methoxy groups -OCH3 is 2. The van der Waals surface area contributed by atoms with Crippen molar-refractivity contribution in [1.29, 1.82) is 0 Å². The SMILES string of the molecule is COCC(=O)N1CCC[C@H](n2c(=O)n(C(=O)COC)c3cnc(-c4cnn5ccc(C)cc45)nc32)C1. The summed E-state index contributed by atoms with van der Waals surface area (Å²) in [6.45, 7) is 2.58. The Labute approximate surface area is 206 Å². The first-order valence-corrected chi connectivity index (χ1v) is 11.7. The molecule has 188 valence electrons. The van der Waals surface area contributed by atoms with Gasteiger partial charge in [-0.05, 0) is 37.5 Å². The van der Waals surface area contributed by atoms with E-state index in [1.54, 1.807) is 15.6 Å². The second-order valence-electron chi connectivity index (χ2n) is 8.88. The number of nitrogens with zero attached hydrogens (tertiary/aromatic N) is 7. The van der Waals surface area contributed by atoms with Crippen LogP contribution < -0.4 is 5.69 Å². The van der Waals surface area contributed by atoms with Gasteiger partial charge in [0.1, 0.15) is 18.7 Å². The number of rotatable bonds is 6. The highest BCUT2D eigenvalue weighted by Gasteiger charge is 2.30. The first-order chi connectivity index (χ1) is 17.4. The number of ether oxygens (including phenoxy) is 2. The summed E-state index contributed by atoms with van der Waals surface area (Å²) in [5, 5.41) is 4.39. The minimum Gasteiger partial charge on any atom is -0.375 e. The fourth-order valence-electron chi connectivity index (χ4n) is 4.76. The van der Waals surface area contributed by atoms with E-state index in [0.29, 0.717) is 48.5 Å². The van der Waals surface area contributed by atoms with Gasteiger partial charge < -0.3 is 14.4 Å². The molecule has 0 aliphatic carbocycles. The Morgan fingerprint density at radius 3 is 2.67 bits per heavy atom. The molecule has 36 heavy (non-hydrogen) atoms. The van der Waals surface area contributed by atoms with E-state index < -0.39 is 11.6 Å². The lowest BCUT2D eigenvalue weighted by Gasteiger charge is -2.33. The number of pyridine rings is 1. The third-order valence-electron chi connectivity index (χ3n) is 6.43. The largest absolute Gasteiger partial charge is 0.375 e. The topological polar surface area (TPSA) is 126 Å². The molecule has 1 amide bonds. The fourth-order valence-corrected chi connectivity index (χ4v) is 4.76. The Hall–Kier alpha value is -3.90. The summed E-state index contributed by atoms with van der Waals surface area (Å²) in [5.74, 6) is -0.278. The molecular weight excluding hydrogens is 466 g/mol. The van der Waals surface area contributed by atoms with E-state index in [4.69, 9.17) is 14.5 Å². The van der Waals surface area contributed by atoms with Crippen LogP contribution >= 0.6 is 0 Å². The van der Waals surface area contributed by atoms with Crippen molar-refractivity contribution >= 4 is 28.5 Å². The molecule has 0 bridgehead atoms. The molecule has 4 aromatic heterocycles. The summed E-state index contributed by atoms with van der Waals surface area (Å²) < 4.78 is 14.3. The molecule has 1 fully saturated rings. The quantitative estimate of drug-likeness (QED) is 0.394. The second kappa shape index (κ2) is 9.63. The van der Waals surface area contributed by atoms with Gasteiger partial charge in [-0.25, -0.2) is 23.8 Å². The van der Waals surface area contributed by atoms with E-state index in [2.05, 4.69) is 10.1 Å². The highest BCUT2D eigenvalue weighted by molar-refractivity contribution is 5.90. The number of imidazole rings is 1. The molecule has 0 saturated carbocycles. The van der Waals surface area contributed by atoms with Gasteiger partial charge in [-0.2, -0.15) is 5.10 Å². The van der Waals surface area contributed by atoms with Crippen molar-refractivity contribution in [3.63, 3.8) is 0 Å². The average molecular weight is 494 g/mol. The Morgan fingerprint density at radius 1 is 1.11 bits per heavy atom. The van der Waals surface area contributed by atoms with Crippen molar-refractivity contribution in [2.24, 2.45) is 0 Å². The second-order valence-corrected chi connectivity index (χ2v) is 8.88. The lowest BCUT2D eigenvalue weighted by molar-refractivity contribution is -0.136. The van der Waals surface area contributed by atoms with Gasteiger partial charge in [0.05, 0.1) is 29.5 Å². The molecule has 12 nitrogen and oxygen atoms in total. The molecule has 0 unspecified atom stereocenters. The zero-order valence-electron chi connectivity index (χ0n) is 20.4. The number of likely N-dealkylation sites (tertiary alicyclic amines) is 1. The van der Waals surface area contributed by atoms with Crippen molar-refractivity contribution in [1.82, 2.24) is 33.6 Å². The maximum absolute atomic E-state index is 13.6. The normalized spacial score (nSPS) is 16.2. The maximum atomic E-state index is 13.6. The molecule has 1 aliphatic rings. The van der Waals surface area contributed by atoms with Gasteiger partial charge in [-0.15, -0.1) is 0 Å². The summed E-state index contributed by atoms with van der Waals surface area (Å²) in [6, 6.07) is 3.57. The van der Waals surface area contributed by atoms with Crippen LogP contribution in [0.2, 0.25) is 0 Å². The predicted molar refractivity (Wildman–Crippen MR) is 130 cm³/mol. The lowest BCUT2D eigenvalue weighted by atomic mass is 10.1. The Morgan fingerprint density at radius 2 is 1.89 bits per heavy atom. The number of hydrogen-bond acceptors (Lipinski definition) is 8. The van der Waals surface area contributed by atoms with Gasteiger partial charge in [0.25, 0.3) is 5.91 Å². The minimum absolute atomic E-state index is 0.0316. The van der Waals surface area contributed by atoms with Gasteiger partial charge >= 0.3 is 5.69 Å². The molecule has 0 aromatic carbocycles. The van der Waals surface area contributed by atoms with Crippen LogP contribution in [0.4, 0.5) is 0 Å². The molecule has 1 atom stereocenters. The van der Waals surface area contributed by atoms with Crippen LogP contribution in [-0.4, -0.2) is 86.0 Å². The lowest BCUT2D eigenvalue weighted by Crippen LogP contribution is -2.44. The first-order valence-electron chi connectivity index (χ1n) is 11.7. The molecule has 5 heterocycles. The third kappa shape index (κ3) is 4.07. The Kier molecular flexibility index (Phi) is 6.37. The maximum Gasteiger partial charge on any atom is 0.337 e. The number of aryl methyl sites for hydroxylation is 1. The van der Waals surface area contributed by atoms with E-state index in [0.717, 1.165) is 15.6 Å². The van der Waals surface area contributed by atoms with Crippen molar-refractivity contribution in [2.45, 2.75) is 25.8 Å². The molecule has 1 aliphatic heterocycles. The van der Waals surface area contributed by atoms with Crippen LogP contribution in [0.1, 0.15) is 29.2 Å². The van der Waals surface area contributed by atoms with Gasteiger partial charge in [0, 0.05) is 33.5 Å². The number of fused-ring (bicyclic) bond motifs is 2. The van der Waals surface area contributed by atoms with Gasteiger partial charge in [-0.1, -0.05) is 0 Å². The van der Waals surface area contributed by atoms with Crippen molar-refractivity contribution in [2.75, 3.05) is 40.5 Å². The van der Waals surface area contributed by atoms with Gasteiger partial charge in [0.2, 0.25) is 5.91 Å². The highest BCUT2D eigenvalue weighted by atomic mass is 16.5. The van der Waals surface area contributed by atoms with Crippen molar-refractivity contribution in [3.8, 4) is 11.4 Å². The van der Waals surface area contributed by atoms with Crippen LogP contribution in [0, 0.1) is 6.92 Å². The number of carbonyl (C=O) groups excluding carboxylic acids is 2. The number of aromatic nitrogens is 6. The van der Waals surface area contributed by atoms with Crippen LogP contribution in [-0.2, 0) is 14.3 Å². The van der Waals surface area contributed by atoms with E-state index in [1.165, 1.54) is 25.0 Å². The smallest absolute Gasteiger partial charge is 0.337 e. The summed E-state index contributed by atoms with van der Waals surface area (Å²) in [4.78, 5) is 49.8. The summed E-state index contributed by atoms with van der Waals surface area (Å²) in [5.41, 5.74) is 2.68. The standard InChI is InChI=1S/C24H27N7O5/c1-15-6-8-29-18(9-15)17(10-26-29)22-25-11-19-23(27-22)30(24(34)31(19)21(33)14-36-3)16-5-4-7-28(12-16)20(32)13-35-2/h6,8-11,16H,4-5,7,12-14H2,1-3H3/t16-/m0/s1. The zero-order valence-corrected chi connectivity index (χ0v) is 20.4. The Bertz CT molecular complexity index is 1520. The first kappa shape index (κ1) is 23.8. The zero-order chi connectivity index (χ0) is 25.4. The Balaban J connectivity index is 1.66. The number of piperidine rings is 1. The third-order valence-corrected chi connectivity index (χ3v) is 6.43. The molecule has 12 heteroatoms. The molecule has 0 N–H and O–H groups in total. The van der Waals surface area contributed by atoms with E-state index in [1.807, 2.05) is 25.3 Å². The van der Waals surface area contributed by atoms with Crippen molar-refractivity contribution < 1.29 is 19.1 Å². The predicted octanol–water partition coefficient (Wildman–Crippen LogP) is 1.31. The molecule has 4 aromatic rings. The van der Waals surface area contributed by atoms with Crippen LogP contribution in [0.5, 0.6) is 0 Å². The molecule has 1 saturated heterocycles. The van der Waals surface area contributed by atoms with E-state index >= 15 is 0 Å². The van der Waals surface area contributed by atoms with E-state index in [9.17, 15) is 14.4 Å². The van der Waals surface area contributed by atoms with Gasteiger partial charge in [-0.3, -0.25) is 14.2 Å². The van der Waals surface area contributed by atoms with Gasteiger partial charge in [0.15, 0.2) is 11.5 Å². The van der Waals surface area contributed by atoms with E-state index in [-0.39, 0.29) is 25.2 Å². The average Bonchev–Trinajstić information content (AvgIpc) is 3.41. The minimum atomic E-state index is -0.528. The number of carbonyl (C=O) groups is 2. The monoisotopic (exact) mass is 493 g/mol. The van der Waals surface area contributed by atoms with Crippen LogP contribution in [0.25, 0.3) is 28.1 Å². The molecule has 0 spiro atoms. The van der Waals surface area contributed by atoms with Crippen LogP contribution in [0.15, 0.2) is 35.5 Å². The summed E-state index contributed by atoms with van der Waals surface area (Å²) >= 11 is 0. The highest BCUT2D eigenvalue weighted by Crippen LogP contribution is 2.27. The molecule has 0 radical (unpaired) electrons. The number of amides is 1. The molecular formula is C24H27N7O5. The summed E-state index contributed by atoms with van der Waals surface area (Å²) in [6.07, 6.45) is 6.38. The fraction of sp³-hybridized carbons (Fsp3) is 0.417. The molecule has 5 rings (SSSR count). The number of hydrogen-bond donors (Lipinski definition) is 0. The summed E-state index contributed by atoms with van der Waals surface area (Å²) in [7, 11) is 2.86. The van der Waals surface area contributed by atoms with Crippen molar-refractivity contribution in [3.05, 3.63) is 46.8 Å². The van der Waals surface area contributed by atoms with Crippen LogP contribution in [0.3, 0.4) is 0 Å².